The number of nitrogens with zero attached hydrogens (tertiary/aromatic N) is 2. The molecule has 0 radical (unpaired) electrons. The lowest BCUT2D eigenvalue weighted by molar-refractivity contribution is -0.142. The fourth-order valence-corrected chi connectivity index (χ4v) is 3.24. The number of hydrogen-bond acceptors (Lipinski definition) is 3. The van der Waals surface area contributed by atoms with Crippen LogP contribution >= 0.6 is 0 Å². The lowest BCUT2D eigenvalue weighted by atomic mass is 9.92. The molecular formula is C16H20N2O3. The molecule has 2 fully saturated rings. The van der Waals surface area contributed by atoms with Crippen LogP contribution in [0.5, 0.6) is 0 Å². The Morgan fingerprint density at radius 1 is 1.29 bits per heavy atom. The molecule has 1 saturated heterocycles. The second kappa shape index (κ2) is 5.84. The van der Waals surface area contributed by atoms with Crippen molar-refractivity contribution in [1.29, 1.82) is 0 Å². The molecule has 21 heavy (non-hydrogen) atoms. The molecule has 1 aromatic heterocycles. The number of carbonyl (C=O) groups is 2. The molecule has 0 unspecified atom stereocenters. The first kappa shape index (κ1) is 14.0. The second-order valence-electron chi connectivity index (χ2n) is 6.07. The molecule has 1 N–H and O–H groups in total. The predicted molar refractivity (Wildman–Crippen MR) is 76.5 cm³/mol. The Morgan fingerprint density at radius 2 is 2.10 bits per heavy atom. The van der Waals surface area contributed by atoms with Gasteiger partial charge in [-0.3, -0.25) is 14.6 Å². The summed E-state index contributed by atoms with van der Waals surface area (Å²) in [7, 11) is 0. The van der Waals surface area contributed by atoms with Crippen molar-refractivity contribution in [3.8, 4) is 0 Å². The van der Waals surface area contributed by atoms with E-state index in [4.69, 9.17) is 0 Å². The van der Waals surface area contributed by atoms with Gasteiger partial charge in [0.15, 0.2) is 0 Å². The molecule has 1 aromatic rings. The van der Waals surface area contributed by atoms with E-state index in [2.05, 4.69) is 4.98 Å². The summed E-state index contributed by atoms with van der Waals surface area (Å²) in [6, 6.07) is 5.67. The van der Waals surface area contributed by atoms with Gasteiger partial charge in [0.05, 0.1) is 5.92 Å². The van der Waals surface area contributed by atoms with Gasteiger partial charge in [-0.2, -0.15) is 0 Å². The molecule has 3 rings (SSSR count). The summed E-state index contributed by atoms with van der Waals surface area (Å²) in [5, 5.41) is 9.32. The molecule has 5 heteroatoms. The Morgan fingerprint density at radius 3 is 2.71 bits per heavy atom. The van der Waals surface area contributed by atoms with Crippen LogP contribution < -0.4 is 0 Å². The summed E-state index contributed by atoms with van der Waals surface area (Å²) >= 11 is 0. The average molecular weight is 288 g/mol. The fourth-order valence-electron chi connectivity index (χ4n) is 3.24. The molecule has 0 spiro atoms. The Bertz CT molecular complexity index is 528. The third-order valence-corrected chi connectivity index (χ3v) is 4.58. The largest absolute Gasteiger partial charge is 0.481 e. The molecular weight excluding hydrogens is 268 g/mol. The SMILES string of the molecule is O=C(O)[C@H]1CN(C(=O)CCc2ccccn2)C[C@@H]1C1CC1. The van der Waals surface area contributed by atoms with Gasteiger partial charge in [0, 0.05) is 31.4 Å². The van der Waals surface area contributed by atoms with Gasteiger partial charge in [-0.15, -0.1) is 0 Å². The van der Waals surface area contributed by atoms with Crippen molar-refractivity contribution in [2.24, 2.45) is 17.8 Å². The molecule has 2 heterocycles. The lowest BCUT2D eigenvalue weighted by Crippen LogP contribution is -2.30. The zero-order valence-corrected chi connectivity index (χ0v) is 11.9. The van der Waals surface area contributed by atoms with E-state index in [0.717, 1.165) is 18.5 Å². The maximum atomic E-state index is 12.3. The van der Waals surface area contributed by atoms with E-state index in [1.165, 1.54) is 0 Å². The number of carboxylic acid groups (broad SMARTS) is 1. The van der Waals surface area contributed by atoms with Crippen LogP contribution in [-0.2, 0) is 16.0 Å². The third kappa shape index (κ3) is 3.23. The first-order valence-electron chi connectivity index (χ1n) is 7.55. The average Bonchev–Trinajstić information content (AvgIpc) is 3.24. The van der Waals surface area contributed by atoms with Gasteiger partial charge in [0.1, 0.15) is 0 Å². The number of pyridine rings is 1. The number of aliphatic carboxylic acids is 1. The first-order chi connectivity index (χ1) is 10.1. The van der Waals surface area contributed by atoms with E-state index >= 15 is 0 Å². The molecule has 0 aromatic carbocycles. The minimum atomic E-state index is -0.757. The molecule has 1 amide bonds. The van der Waals surface area contributed by atoms with Gasteiger partial charge in [-0.25, -0.2) is 0 Å². The molecule has 2 atom stereocenters. The van der Waals surface area contributed by atoms with Crippen molar-refractivity contribution in [3.05, 3.63) is 30.1 Å². The Balaban J connectivity index is 1.56. The van der Waals surface area contributed by atoms with Crippen LogP contribution in [0.15, 0.2) is 24.4 Å². The molecule has 112 valence electrons. The van der Waals surface area contributed by atoms with Crippen molar-refractivity contribution >= 4 is 11.9 Å². The van der Waals surface area contributed by atoms with E-state index in [9.17, 15) is 14.7 Å². The number of carbonyl (C=O) groups excluding carboxylic acids is 1. The topological polar surface area (TPSA) is 70.5 Å². The van der Waals surface area contributed by atoms with Gasteiger partial charge < -0.3 is 10.0 Å². The number of amides is 1. The quantitative estimate of drug-likeness (QED) is 0.893. The number of likely N-dealkylation sites (tertiary alicyclic amines) is 1. The van der Waals surface area contributed by atoms with Gasteiger partial charge in [-0.1, -0.05) is 6.07 Å². The van der Waals surface area contributed by atoms with Gasteiger partial charge >= 0.3 is 5.97 Å². The molecule has 1 saturated carbocycles. The highest BCUT2D eigenvalue weighted by Crippen LogP contribution is 2.44. The van der Waals surface area contributed by atoms with Crippen LogP contribution in [0.25, 0.3) is 0 Å². The summed E-state index contributed by atoms with van der Waals surface area (Å²) in [6.07, 6.45) is 4.97. The van der Waals surface area contributed by atoms with E-state index in [-0.39, 0.29) is 17.7 Å². The Hall–Kier alpha value is -1.91. The van der Waals surface area contributed by atoms with Crippen LogP contribution in [0.3, 0.4) is 0 Å². The number of carboxylic acids is 1. The van der Waals surface area contributed by atoms with Gasteiger partial charge in [-0.05, 0) is 43.2 Å². The number of aryl methyl sites for hydroxylation is 1. The Kier molecular flexibility index (Phi) is 3.90. The van der Waals surface area contributed by atoms with Crippen LogP contribution in [0.4, 0.5) is 0 Å². The van der Waals surface area contributed by atoms with Gasteiger partial charge in [0.25, 0.3) is 0 Å². The normalized spacial score (nSPS) is 25.0. The number of aromatic nitrogens is 1. The summed E-state index contributed by atoms with van der Waals surface area (Å²) in [5.41, 5.74) is 0.901. The highest BCUT2D eigenvalue weighted by molar-refractivity contribution is 5.79. The zero-order valence-electron chi connectivity index (χ0n) is 11.9. The zero-order chi connectivity index (χ0) is 14.8. The third-order valence-electron chi connectivity index (χ3n) is 4.58. The molecule has 0 bridgehead atoms. The van der Waals surface area contributed by atoms with Crippen LogP contribution in [0, 0.1) is 17.8 Å². The number of rotatable bonds is 5. The summed E-state index contributed by atoms with van der Waals surface area (Å²) in [6.45, 7) is 0.986. The fraction of sp³-hybridized carbons (Fsp3) is 0.562. The molecule has 5 nitrogen and oxygen atoms in total. The minimum Gasteiger partial charge on any atom is -0.481 e. The monoisotopic (exact) mass is 288 g/mol. The van der Waals surface area contributed by atoms with Crippen LogP contribution in [0.2, 0.25) is 0 Å². The summed E-state index contributed by atoms with van der Waals surface area (Å²) in [4.78, 5) is 29.6. The van der Waals surface area contributed by atoms with Crippen molar-refractivity contribution < 1.29 is 14.7 Å². The first-order valence-corrected chi connectivity index (χ1v) is 7.55. The Labute approximate surface area is 124 Å². The highest BCUT2D eigenvalue weighted by Gasteiger charge is 2.46. The molecule has 2 aliphatic rings. The molecule has 1 aliphatic carbocycles. The number of hydrogen-bond donors (Lipinski definition) is 1. The predicted octanol–water partition coefficient (Wildman–Crippen LogP) is 1.58. The van der Waals surface area contributed by atoms with E-state index in [1.807, 2.05) is 18.2 Å². The van der Waals surface area contributed by atoms with E-state index < -0.39 is 5.97 Å². The van der Waals surface area contributed by atoms with Crippen molar-refractivity contribution in [3.63, 3.8) is 0 Å². The summed E-state index contributed by atoms with van der Waals surface area (Å²) < 4.78 is 0. The van der Waals surface area contributed by atoms with Crippen molar-refractivity contribution in [2.75, 3.05) is 13.1 Å². The van der Waals surface area contributed by atoms with Crippen molar-refractivity contribution in [2.45, 2.75) is 25.7 Å². The maximum Gasteiger partial charge on any atom is 0.308 e. The smallest absolute Gasteiger partial charge is 0.308 e. The highest BCUT2D eigenvalue weighted by atomic mass is 16.4. The standard InChI is InChI=1S/C16H20N2O3/c19-15(7-6-12-3-1-2-8-17-12)18-9-13(11-4-5-11)14(10-18)16(20)21/h1-3,8,11,13-14H,4-7,9-10H2,(H,20,21)/t13-,14+/m1/s1. The van der Waals surface area contributed by atoms with Crippen molar-refractivity contribution in [1.82, 2.24) is 9.88 Å². The van der Waals surface area contributed by atoms with Gasteiger partial charge in [0.2, 0.25) is 5.91 Å². The van der Waals surface area contributed by atoms with Crippen LogP contribution in [-0.4, -0.2) is 40.0 Å². The van der Waals surface area contributed by atoms with E-state index in [0.29, 0.717) is 31.8 Å². The lowest BCUT2D eigenvalue weighted by Gasteiger charge is -2.16. The maximum absolute atomic E-state index is 12.3. The minimum absolute atomic E-state index is 0.0510. The second-order valence-corrected chi connectivity index (χ2v) is 6.07. The van der Waals surface area contributed by atoms with Crippen LogP contribution in [0.1, 0.15) is 25.0 Å². The molecule has 1 aliphatic heterocycles. The summed E-state index contributed by atoms with van der Waals surface area (Å²) in [5.74, 6) is -0.417. The van der Waals surface area contributed by atoms with E-state index in [1.54, 1.807) is 11.1 Å².